The Labute approximate surface area is 503 Å². The molecule has 0 heterocycles. The molecule has 0 aromatic carbocycles. The number of hydrogen-bond donors (Lipinski definition) is 1. The zero-order chi connectivity index (χ0) is 68.5. The van der Waals surface area contributed by atoms with E-state index < -0.39 is 114 Å². The van der Waals surface area contributed by atoms with E-state index in [2.05, 4.69) is 33.2 Å². The van der Waals surface area contributed by atoms with E-state index in [9.17, 15) is 75.8 Å². The van der Waals surface area contributed by atoms with Crippen molar-refractivity contribution >= 4 is 91.9 Å². The smallest absolute Gasteiger partial charge is 0.330 e. The summed E-state index contributed by atoms with van der Waals surface area (Å²) in [6.07, 6.45) is -1.13. The molecule has 0 fully saturated rings. The summed E-state index contributed by atoms with van der Waals surface area (Å²) < 4.78 is 97.5. The average molecular weight is 1290 g/mol. The summed E-state index contributed by atoms with van der Waals surface area (Å²) in [4.78, 5) is 149. The second-order valence-electron chi connectivity index (χ2n) is 19.0. The summed E-state index contributed by atoms with van der Waals surface area (Å²) in [6, 6.07) is 0. The molecule has 29 nitrogen and oxygen atoms in total. The number of ether oxygens (including phenoxy) is 9. The number of Topliss-reactive ketones (excluding diaryl/α,β-unsaturated/α-hetero) is 5. The molecule has 3 atom stereocenters. The Hall–Kier alpha value is -5.74. The molecule has 0 aliphatic rings. The van der Waals surface area contributed by atoms with Crippen molar-refractivity contribution in [3.8, 4) is 0 Å². The van der Waals surface area contributed by atoms with Crippen molar-refractivity contribution in [3.63, 3.8) is 0 Å². The topological polar surface area (TPSA) is 396 Å². The van der Waals surface area contributed by atoms with Crippen LogP contribution in [0.3, 0.4) is 0 Å². The molecule has 0 amide bonds. The first-order valence-corrected chi connectivity index (χ1v) is 29.5. The van der Waals surface area contributed by atoms with Crippen molar-refractivity contribution < 1.29 is 142 Å². The Morgan fingerprint density at radius 2 is 0.616 bits per heavy atom. The van der Waals surface area contributed by atoms with Gasteiger partial charge in [-0.05, 0) is 99.8 Å². The van der Waals surface area contributed by atoms with E-state index in [-0.39, 0.29) is 108 Å². The molecule has 1 N–H and O–H groups in total. The number of carbonyl (C=O) groups is 13. The predicted octanol–water partition coefficient (Wildman–Crippen LogP) is 5.10. The lowest BCUT2D eigenvalue weighted by Gasteiger charge is -2.30. The van der Waals surface area contributed by atoms with Gasteiger partial charge in [-0.2, -0.15) is 0 Å². The molecule has 500 valence electrons. The highest BCUT2D eigenvalue weighted by atomic mass is 31.2. The van der Waals surface area contributed by atoms with E-state index >= 15 is 0 Å². The molecule has 0 aromatic heterocycles. The van der Waals surface area contributed by atoms with Gasteiger partial charge in [0.1, 0.15) is 56.0 Å². The molecule has 0 rings (SSSR count). The lowest BCUT2D eigenvalue weighted by molar-refractivity contribution is -0.162. The molecule has 3 unspecified atom stereocenters. The summed E-state index contributed by atoms with van der Waals surface area (Å²) in [5.41, 5.74) is -7.02. The van der Waals surface area contributed by atoms with Gasteiger partial charge in [0.15, 0.2) is 0 Å². The zero-order valence-electron chi connectivity index (χ0n) is 53.5. The van der Waals surface area contributed by atoms with Crippen LogP contribution in [0.1, 0.15) is 119 Å². The monoisotopic (exact) mass is 1290 g/mol. The van der Waals surface area contributed by atoms with Crippen molar-refractivity contribution in [2.45, 2.75) is 119 Å². The van der Waals surface area contributed by atoms with E-state index in [0.717, 1.165) is 21.3 Å². The Balaban J connectivity index is -0.000000325. The van der Waals surface area contributed by atoms with Gasteiger partial charge in [-0.1, -0.05) is 0 Å². The van der Waals surface area contributed by atoms with Crippen LogP contribution in [0.15, 0.2) is 0 Å². The van der Waals surface area contributed by atoms with Crippen molar-refractivity contribution in [1.82, 2.24) is 0 Å². The molecule has 0 aromatic rings. The van der Waals surface area contributed by atoms with Gasteiger partial charge >= 0.3 is 62.9 Å². The van der Waals surface area contributed by atoms with Gasteiger partial charge in [0.25, 0.3) is 0 Å². The third kappa shape index (κ3) is 28.8. The first kappa shape index (κ1) is 89.0. The molecule has 0 aliphatic carbocycles. The maximum absolute atomic E-state index is 12.5. The summed E-state index contributed by atoms with van der Waals surface area (Å²) >= 11 is 0. The minimum absolute atomic E-state index is 0.0190. The molecular formula is C54H93FO29P2. The highest BCUT2D eigenvalue weighted by Gasteiger charge is 2.49. The van der Waals surface area contributed by atoms with E-state index in [1.54, 1.807) is 13.8 Å². The number of aliphatic hydroxyl groups is 1. The number of halogens is 1. The van der Waals surface area contributed by atoms with E-state index in [1.807, 2.05) is 0 Å². The van der Waals surface area contributed by atoms with Gasteiger partial charge < -0.3 is 65.8 Å². The fourth-order valence-corrected chi connectivity index (χ4v) is 9.87. The molecule has 0 aliphatic heterocycles. The van der Waals surface area contributed by atoms with E-state index in [0.29, 0.717) is 0 Å². The third-order valence-electron chi connectivity index (χ3n) is 14.1. The third-order valence-corrected chi connectivity index (χ3v) is 17.8. The van der Waals surface area contributed by atoms with Crippen LogP contribution in [0.4, 0.5) is 4.39 Å². The maximum Gasteiger partial charge on any atom is 0.330 e. The van der Waals surface area contributed by atoms with Crippen LogP contribution in [0.5, 0.6) is 0 Å². The quantitative estimate of drug-likeness (QED) is 0.0369. The van der Waals surface area contributed by atoms with Crippen molar-refractivity contribution in [3.05, 3.63) is 0 Å². The molecule has 32 heteroatoms. The number of carbonyl (C=O) groups excluding carboxylic acids is 13. The Morgan fingerprint density at radius 3 is 0.802 bits per heavy atom. The van der Waals surface area contributed by atoms with Gasteiger partial charge in [0, 0.05) is 68.0 Å². The molecule has 0 radical (unpaired) electrons. The predicted molar refractivity (Wildman–Crippen MR) is 302 cm³/mol. The summed E-state index contributed by atoms with van der Waals surface area (Å²) in [5.74, 6) is -6.99. The van der Waals surface area contributed by atoms with E-state index in [4.69, 9.17) is 32.7 Å². The van der Waals surface area contributed by atoms with Crippen LogP contribution in [0.25, 0.3) is 0 Å². The number of aliphatic hydroxyl groups excluding tert-OH is 1. The number of alkyl halides is 1. The normalized spacial score (nSPS) is 13.1. The van der Waals surface area contributed by atoms with Gasteiger partial charge in [-0.15, -0.1) is 0 Å². The fraction of sp³-hybridized carbons (Fsp3) is 0.759. The maximum atomic E-state index is 12.5. The summed E-state index contributed by atoms with van der Waals surface area (Å²) in [5, 5.41) is 8.94. The molecule has 0 saturated heterocycles. The second kappa shape index (κ2) is 44.7. The molecule has 0 saturated carbocycles. The van der Waals surface area contributed by atoms with Gasteiger partial charge in [-0.3, -0.25) is 75.8 Å². The van der Waals surface area contributed by atoms with Crippen LogP contribution in [-0.2, 0) is 132 Å². The fourth-order valence-electron chi connectivity index (χ4n) is 7.53. The lowest BCUT2D eigenvalue weighted by Crippen LogP contribution is -2.41. The highest BCUT2D eigenvalue weighted by Crippen LogP contribution is 2.53. The number of esters is 8. The Bertz CT molecular complexity index is 2210. The number of rotatable bonds is 36. The first-order chi connectivity index (χ1) is 39.8. The van der Waals surface area contributed by atoms with Crippen molar-refractivity contribution in [2.75, 3.05) is 125 Å². The minimum atomic E-state index is -3.44. The van der Waals surface area contributed by atoms with Crippen LogP contribution in [0.2, 0.25) is 0 Å². The largest absolute Gasteiger partial charge is 0.469 e. The second-order valence-corrected chi connectivity index (χ2v) is 23.8. The molecule has 0 spiro atoms. The molecule has 0 bridgehead atoms. The average Bonchev–Trinajstić information content (AvgIpc) is 2.54. The summed E-state index contributed by atoms with van der Waals surface area (Å²) in [6.45, 7) is 8.46. The number of hydrogen-bond acceptors (Lipinski definition) is 29. The summed E-state index contributed by atoms with van der Waals surface area (Å²) in [7, 11) is 9.02. The SMILES string of the molecule is COC(=O)C(C)(C)C(C)=O.COC(=O)C(CCP(=O)(OC)OC)(CCP(=O)(OC)OC)C(C)=O.COC(=O)CCC(CCF)(C(C)=O)C(=O)OC.COC(=O)CCC(CCO)(C(C)=O)C(=O)OC.COCCC(CCC(=O)OC)(C(C)=O)C(=O)OC. The van der Waals surface area contributed by atoms with Crippen LogP contribution in [0, 0.1) is 27.1 Å². The van der Waals surface area contributed by atoms with Crippen LogP contribution in [-0.4, -0.2) is 206 Å². The van der Waals surface area contributed by atoms with Gasteiger partial charge in [-0.25, -0.2) is 0 Å². The van der Waals surface area contributed by atoms with Gasteiger partial charge in [0.2, 0.25) is 0 Å². The van der Waals surface area contributed by atoms with E-state index in [1.165, 1.54) is 106 Å². The van der Waals surface area contributed by atoms with Crippen LogP contribution < -0.4 is 0 Å². The Kier molecular flexibility index (Phi) is 46.2. The Morgan fingerprint density at radius 1 is 0.360 bits per heavy atom. The zero-order valence-corrected chi connectivity index (χ0v) is 55.3. The number of ketones is 5. The number of methoxy groups -OCH3 is 9. The lowest BCUT2D eigenvalue weighted by atomic mass is 9.77. The highest BCUT2D eigenvalue weighted by molar-refractivity contribution is 7.54. The molecular weight excluding hydrogens is 1190 g/mol. The first-order valence-electron chi connectivity index (χ1n) is 26.1. The minimum Gasteiger partial charge on any atom is -0.469 e. The van der Waals surface area contributed by atoms with Gasteiger partial charge in [0.05, 0.1) is 75.9 Å². The van der Waals surface area contributed by atoms with Crippen molar-refractivity contribution in [2.24, 2.45) is 27.1 Å². The molecule has 86 heavy (non-hydrogen) atoms. The van der Waals surface area contributed by atoms with Crippen molar-refractivity contribution in [1.29, 1.82) is 0 Å². The van der Waals surface area contributed by atoms with Crippen LogP contribution >= 0.6 is 15.2 Å². The standard InChI is InChI=1S/C13H26O9P2.C12H20O6.C11H17FO5.C11H18O6.C7H12O3/c1-11(14)13(12(15)18-2,7-9-23(16,19-3)20-4)8-10-24(17,21-5)22-6;1-9(13)12(7-8-16-2,11(15)18-4)6-5-10(14)17-3;2*1-8(13)11(6-7-12,10(15)17-3)5-4-9(14)16-2;1-5(8)7(2,3)6(9)10-4/h7-10H2,1-6H3;5-8H2,1-4H3;4-7H2,1-3H3;12H,4-7H2,1-3H3;1-4H3.